The van der Waals surface area contributed by atoms with Gasteiger partial charge < -0.3 is 5.32 Å². The molecule has 0 radical (unpaired) electrons. The largest absolute Gasteiger partial charge is 0.306 e. The molecule has 1 N–H and O–H groups in total. The Bertz CT molecular complexity index is 867. The number of aromatic nitrogens is 3. The van der Waals surface area contributed by atoms with Crippen molar-refractivity contribution in [2.75, 3.05) is 16.8 Å². The highest BCUT2D eigenvalue weighted by molar-refractivity contribution is 7.91. The highest BCUT2D eigenvalue weighted by atomic mass is 32.2. The summed E-state index contributed by atoms with van der Waals surface area (Å²) in [6, 6.07) is 1.53. The summed E-state index contributed by atoms with van der Waals surface area (Å²) in [5, 5.41) is 8.03. The smallest absolute Gasteiger partial charge is 0.268 e. The lowest BCUT2D eigenvalue weighted by molar-refractivity contribution is 0.102. The zero-order valence-corrected chi connectivity index (χ0v) is 14.8. The number of carbonyl (C=O) groups excluding carboxylic acids is 1. The van der Waals surface area contributed by atoms with Crippen LogP contribution in [0.3, 0.4) is 0 Å². The topological polar surface area (TPSA) is 94.0 Å². The van der Waals surface area contributed by atoms with Gasteiger partial charge in [0.25, 0.3) is 5.91 Å². The van der Waals surface area contributed by atoms with Crippen LogP contribution in [0.5, 0.6) is 0 Å². The van der Waals surface area contributed by atoms with Gasteiger partial charge in [0.15, 0.2) is 9.84 Å². The second-order valence-electron chi connectivity index (χ2n) is 5.77. The molecule has 1 fully saturated rings. The first-order chi connectivity index (χ1) is 10.7. The first-order valence-corrected chi connectivity index (χ1v) is 9.91. The van der Waals surface area contributed by atoms with Gasteiger partial charge in [-0.1, -0.05) is 0 Å². The minimum Gasteiger partial charge on any atom is -0.306 e. The number of carbonyl (C=O) groups is 1. The Balaban J connectivity index is 1.86. The molecule has 1 saturated heterocycles. The van der Waals surface area contributed by atoms with Crippen LogP contribution >= 0.6 is 11.3 Å². The molecule has 23 heavy (non-hydrogen) atoms. The molecule has 0 aliphatic carbocycles. The van der Waals surface area contributed by atoms with Gasteiger partial charge in [0.2, 0.25) is 0 Å². The number of anilines is 1. The summed E-state index contributed by atoms with van der Waals surface area (Å²) in [4.78, 5) is 17.3. The summed E-state index contributed by atoms with van der Waals surface area (Å²) in [5.74, 6) is 0.516. The average molecular weight is 354 g/mol. The molecule has 1 amide bonds. The molecule has 1 aliphatic rings. The highest BCUT2D eigenvalue weighted by Crippen LogP contribution is 2.28. The van der Waals surface area contributed by atoms with Crippen LogP contribution in [-0.2, 0) is 9.84 Å². The van der Waals surface area contributed by atoms with E-state index >= 15 is 0 Å². The van der Waals surface area contributed by atoms with E-state index in [0.29, 0.717) is 22.8 Å². The third-order valence-electron chi connectivity index (χ3n) is 3.76. The number of amides is 1. The van der Waals surface area contributed by atoms with Crippen molar-refractivity contribution in [3.8, 4) is 0 Å². The molecule has 1 aliphatic heterocycles. The van der Waals surface area contributed by atoms with Gasteiger partial charge in [0.1, 0.15) is 10.7 Å². The van der Waals surface area contributed by atoms with E-state index in [1.807, 2.05) is 13.8 Å². The van der Waals surface area contributed by atoms with Crippen LogP contribution in [0.15, 0.2) is 6.07 Å². The Morgan fingerprint density at radius 2 is 2.13 bits per heavy atom. The van der Waals surface area contributed by atoms with Crippen molar-refractivity contribution >= 4 is 32.9 Å². The second kappa shape index (κ2) is 5.72. The lowest BCUT2D eigenvalue weighted by atomic mass is 10.3. The van der Waals surface area contributed by atoms with Crippen molar-refractivity contribution in [1.82, 2.24) is 14.8 Å². The second-order valence-corrected chi connectivity index (χ2v) is 9.21. The minimum atomic E-state index is -3.02. The fourth-order valence-electron chi connectivity index (χ4n) is 2.77. The Labute approximate surface area is 138 Å². The molecule has 0 aromatic carbocycles. The normalized spacial score (nSPS) is 19.9. The first kappa shape index (κ1) is 16.1. The SMILES string of the molecule is Cc1cc(NC(=O)c2sc(C)nc2C)n(C2CCS(=O)(=O)C2)n1. The molecule has 2 aromatic heterocycles. The third-order valence-corrected chi connectivity index (χ3v) is 6.59. The maximum absolute atomic E-state index is 12.5. The standard InChI is InChI=1S/C14H18N4O3S2/c1-8-6-12(16-14(19)13-9(2)15-10(3)22-13)18(17-8)11-4-5-23(20,21)7-11/h6,11H,4-5,7H2,1-3H3,(H,16,19). The monoisotopic (exact) mass is 354 g/mol. The molecular formula is C14H18N4O3S2. The summed E-state index contributed by atoms with van der Waals surface area (Å²) < 4.78 is 25.0. The van der Waals surface area contributed by atoms with E-state index < -0.39 is 9.84 Å². The number of sulfone groups is 1. The van der Waals surface area contributed by atoms with Crippen molar-refractivity contribution in [3.63, 3.8) is 0 Å². The minimum absolute atomic E-state index is 0.0652. The molecule has 3 heterocycles. The van der Waals surface area contributed by atoms with E-state index in [1.165, 1.54) is 11.3 Å². The fourth-order valence-corrected chi connectivity index (χ4v) is 5.28. The number of hydrogen-bond acceptors (Lipinski definition) is 6. The van der Waals surface area contributed by atoms with E-state index in [9.17, 15) is 13.2 Å². The highest BCUT2D eigenvalue weighted by Gasteiger charge is 2.31. The molecule has 1 atom stereocenters. The van der Waals surface area contributed by atoms with Gasteiger partial charge in [0.05, 0.1) is 33.9 Å². The summed E-state index contributed by atoms with van der Waals surface area (Å²) in [7, 11) is -3.02. The predicted molar refractivity (Wildman–Crippen MR) is 88.8 cm³/mol. The zero-order chi connectivity index (χ0) is 16.8. The maximum atomic E-state index is 12.5. The molecule has 0 saturated carbocycles. The van der Waals surface area contributed by atoms with Crippen molar-refractivity contribution in [2.24, 2.45) is 0 Å². The molecule has 9 heteroatoms. The van der Waals surface area contributed by atoms with Gasteiger partial charge in [-0.3, -0.25) is 4.79 Å². The van der Waals surface area contributed by atoms with E-state index in [2.05, 4.69) is 15.4 Å². The Hall–Kier alpha value is -1.74. The maximum Gasteiger partial charge on any atom is 0.268 e. The predicted octanol–water partition coefficient (Wildman–Crippen LogP) is 1.88. The van der Waals surface area contributed by atoms with Gasteiger partial charge in [0, 0.05) is 6.07 Å². The van der Waals surface area contributed by atoms with E-state index in [0.717, 1.165) is 10.7 Å². The van der Waals surface area contributed by atoms with Crippen LogP contribution < -0.4 is 5.32 Å². The number of aryl methyl sites for hydroxylation is 3. The van der Waals surface area contributed by atoms with Crippen LogP contribution in [0.2, 0.25) is 0 Å². The molecule has 124 valence electrons. The van der Waals surface area contributed by atoms with Crippen molar-refractivity contribution in [1.29, 1.82) is 0 Å². The Kier molecular flexibility index (Phi) is 4.01. The van der Waals surface area contributed by atoms with Crippen molar-refractivity contribution in [3.05, 3.63) is 27.3 Å². The summed E-state index contributed by atoms with van der Waals surface area (Å²) in [5.41, 5.74) is 1.43. The quantitative estimate of drug-likeness (QED) is 0.908. The van der Waals surface area contributed by atoms with Gasteiger partial charge in [-0.2, -0.15) is 5.10 Å². The van der Waals surface area contributed by atoms with Crippen LogP contribution in [0.4, 0.5) is 5.82 Å². The molecule has 3 rings (SSSR count). The number of nitrogens with zero attached hydrogens (tertiary/aromatic N) is 3. The van der Waals surface area contributed by atoms with Crippen LogP contribution in [0, 0.1) is 20.8 Å². The summed E-state index contributed by atoms with van der Waals surface area (Å²) in [6.45, 7) is 5.47. The van der Waals surface area contributed by atoms with Crippen molar-refractivity contribution < 1.29 is 13.2 Å². The van der Waals surface area contributed by atoms with E-state index in [4.69, 9.17) is 0 Å². The zero-order valence-electron chi connectivity index (χ0n) is 13.2. The Morgan fingerprint density at radius 3 is 2.70 bits per heavy atom. The summed E-state index contributed by atoms with van der Waals surface area (Å²) >= 11 is 1.34. The van der Waals surface area contributed by atoms with Gasteiger partial charge in [-0.25, -0.2) is 18.1 Å². The van der Waals surface area contributed by atoms with Crippen LogP contribution in [0.25, 0.3) is 0 Å². The van der Waals surface area contributed by atoms with E-state index in [1.54, 1.807) is 17.7 Å². The average Bonchev–Trinajstić information content (AvgIpc) is 3.07. The van der Waals surface area contributed by atoms with Crippen molar-refractivity contribution in [2.45, 2.75) is 33.2 Å². The summed E-state index contributed by atoms with van der Waals surface area (Å²) in [6.07, 6.45) is 0.519. The van der Waals surface area contributed by atoms with Gasteiger partial charge >= 0.3 is 0 Å². The van der Waals surface area contributed by atoms with Gasteiger partial charge in [-0.05, 0) is 27.2 Å². The lowest BCUT2D eigenvalue weighted by Gasteiger charge is -2.13. The molecule has 0 spiro atoms. The van der Waals surface area contributed by atoms with Gasteiger partial charge in [-0.15, -0.1) is 11.3 Å². The number of hydrogen-bond donors (Lipinski definition) is 1. The number of nitrogens with one attached hydrogen (secondary N) is 1. The van der Waals surface area contributed by atoms with Crippen LogP contribution in [-0.4, -0.2) is 40.6 Å². The molecule has 7 nitrogen and oxygen atoms in total. The van der Waals surface area contributed by atoms with E-state index in [-0.39, 0.29) is 23.5 Å². The first-order valence-electron chi connectivity index (χ1n) is 7.27. The molecule has 1 unspecified atom stereocenters. The lowest BCUT2D eigenvalue weighted by Crippen LogP contribution is -2.19. The van der Waals surface area contributed by atoms with Crippen LogP contribution in [0.1, 0.15) is 38.5 Å². The molecular weight excluding hydrogens is 336 g/mol. The number of rotatable bonds is 3. The molecule has 0 bridgehead atoms. The number of thiazole rings is 1. The fraction of sp³-hybridized carbons (Fsp3) is 0.500. The third kappa shape index (κ3) is 3.30. The molecule has 2 aromatic rings. The Morgan fingerprint density at radius 1 is 1.39 bits per heavy atom.